The molecular formula is C14H26. The normalized spacial score (nSPS) is 34.9. The van der Waals surface area contributed by atoms with E-state index in [9.17, 15) is 0 Å². The van der Waals surface area contributed by atoms with Crippen molar-refractivity contribution in [2.75, 3.05) is 0 Å². The lowest BCUT2D eigenvalue weighted by Gasteiger charge is -2.27. The van der Waals surface area contributed by atoms with Crippen LogP contribution >= 0.6 is 0 Å². The summed E-state index contributed by atoms with van der Waals surface area (Å²) in [6.07, 6.45) is 15.3. The topological polar surface area (TPSA) is 0 Å². The molecular weight excluding hydrogens is 168 g/mol. The molecule has 0 spiro atoms. The molecule has 0 amide bonds. The molecule has 2 saturated carbocycles. The highest BCUT2D eigenvalue weighted by Crippen LogP contribution is 2.42. The van der Waals surface area contributed by atoms with Gasteiger partial charge in [-0.25, -0.2) is 0 Å². The van der Waals surface area contributed by atoms with Crippen molar-refractivity contribution in [3.8, 4) is 0 Å². The van der Waals surface area contributed by atoms with Gasteiger partial charge in [-0.1, -0.05) is 58.3 Å². The van der Waals surface area contributed by atoms with Crippen LogP contribution in [0.3, 0.4) is 0 Å². The Morgan fingerprint density at radius 2 is 1.64 bits per heavy atom. The fourth-order valence-electron chi connectivity index (χ4n) is 3.82. The summed E-state index contributed by atoms with van der Waals surface area (Å²) in [4.78, 5) is 0. The molecule has 2 rings (SSSR count). The van der Waals surface area contributed by atoms with E-state index in [1.165, 1.54) is 32.1 Å². The van der Waals surface area contributed by atoms with Crippen molar-refractivity contribution < 1.29 is 0 Å². The van der Waals surface area contributed by atoms with Crippen LogP contribution in [0.5, 0.6) is 0 Å². The summed E-state index contributed by atoms with van der Waals surface area (Å²) in [5.74, 6) is 3.37. The van der Waals surface area contributed by atoms with Crippen molar-refractivity contribution in [1.82, 2.24) is 0 Å². The van der Waals surface area contributed by atoms with E-state index in [-0.39, 0.29) is 0 Å². The standard InChI is InChI=1S/C14H26/c1-2-6-12-9-10-14(11-12)13-7-4-3-5-8-13/h12-14H,2-11H2,1H3. The maximum Gasteiger partial charge on any atom is -0.0383 e. The van der Waals surface area contributed by atoms with Crippen molar-refractivity contribution in [3.63, 3.8) is 0 Å². The Hall–Kier alpha value is 0. The van der Waals surface area contributed by atoms with Crippen molar-refractivity contribution in [1.29, 1.82) is 0 Å². The molecule has 2 aliphatic carbocycles. The Labute approximate surface area is 89.5 Å². The van der Waals surface area contributed by atoms with Gasteiger partial charge in [0.2, 0.25) is 0 Å². The summed E-state index contributed by atoms with van der Waals surface area (Å²) in [5.41, 5.74) is 0. The smallest absolute Gasteiger partial charge is 0.0383 e. The van der Waals surface area contributed by atoms with Crippen LogP contribution in [0.4, 0.5) is 0 Å². The molecule has 0 bridgehead atoms. The Bertz CT molecular complexity index is 155. The molecule has 0 nitrogen and oxygen atoms in total. The van der Waals surface area contributed by atoms with E-state index in [2.05, 4.69) is 6.92 Å². The van der Waals surface area contributed by atoms with Crippen molar-refractivity contribution >= 4 is 0 Å². The Morgan fingerprint density at radius 1 is 0.857 bits per heavy atom. The molecule has 0 radical (unpaired) electrons. The molecule has 2 atom stereocenters. The van der Waals surface area contributed by atoms with Crippen LogP contribution in [0.15, 0.2) is 0 Å². The predicted molar refractivity (Wildman–Crippen MR) is 62.3 cm³/mol. The lowest BCUT2D eigenvalue weighted by atomic mass is 9.79. The molecule has 2 fully saturated rings. The summed E-state index contributed by atoms with van der Waals surface area (Å²) in [6, 6.07) is 0. The Kier molecular flexibility index (Phi) is 3.89. The van der Waals surface area contributed by atoms with Crippen LogP contribution in [-0.2, 0) is 0 Å². The zero-order valence-corrected chi connectivity index (χ0v) is 9.80. The molecule has 0 heteroatoms. The molecule has 0 heterocycles. The molecule has 0 aliphatic heterocycles. The molecule has 0 saturated heterocycles. The van der Waals surface area contributed by atoms with Crippen molar-refractivity contribution in [2.24, 2.45) is 17.8 Å². The fourth-order valence-corrected chi connectivity index (χ4v) is 3.82. The van der Waals surface area contributed by atoms with Crippen LogP contribution in [0.1, 0.15) is 71.1 Å². The van der Waals surface area contributed by atoms with E-state index in [1.807, 2.05) is 0 Å². The monoisotopic (exact) mass is 194 g/mol. The molecule has 0 aromatic heterocycles. The summed E-state index contributed by atoms with van der Waals surface area (Å²) < 4.78 is 0. The third-order valence-corrected chi connectivity index (χ3v) is 4.60. The molecule has 0 N–H and O–H groups in total. The Balaban J connectivity index is 1.76. The van der Waals surface area contributed by atoms with Crippen molar-refractivity contribution in [2.45, 2.75) is 71.1 Å². The lowest BCUT2D eigenvalue weighted by Crippen LogP contribution is -2.15. The van der Waals surface area contributed by atoms with E-state index >= 15 is 0 Å². The SMILES string of the molecule is CCCC1CCC(C2CCCCC2)C1. The van der Waals surface area contributed by atoms with Gasteiger partial charge in [-0.05, 0) is 30.6 Å². The second-order valence-electron chi connectivity index (χ2n) is 5.63. The maximum absolute atomic E-state index is 2.34. The number of hydrogen-bond acceptors (Lipinski definition) is 0. The lowest BCUT2D eigenvalue weighted by molar-refractivity contribution is 0.245. The van der Waals surface area contributed by atoms with E-state index in [4.69, 9.17) is 0 Å². The average Bonchev–Trinajstić information content (AvgIpc) is 2.68. The third kappa shape index (κ3) is 2.52. The van der Waals surface area contributed by atoms with E-state index in [0.29, 0.717) is 0 Å². The highest BCUT2D eigenvalue weighted by atomic mass is 14.4. The largest absolute Gasteiger partial charge is 0.0654 e. The first-order chi connectivity index (χ1) is 6.90. The van der Waals surface area contributed by atoms with Gasteiger partial charge in [-0.2, -0.15) is 0 Å². The first-order valence-corrected chi connectivity index (χ1v) is 6.90. The maximum atomic E-state index is 2.34. The first kappa shape index (κ1) is 10.5. The van der Waals surface area contributed by atoms with E-state index in [0.717, 1.165) is 17.8 Å². The molecule has 0 aromatic carbocycles. The molecule has 0 aromatic rings. The van der Waals surface area contributed by atoms with Gasteiger partial charge in [-0.3, -0.25) is 0 Å². The van der Waals surface area contributed by atoms with Gasteiger partial charge in [0.25, 0.3) is 0 Å². The fraction of sp³-hybridized carbons (Fsp3) is 1.00. The number of hydrogen-bond donors (Lipinski definition) is 0. The summed E-state index contributed by atoms with van der Waals surface area (Å²) in [5, 5.41) is 0. The molecule has 82 valence electrons. The first-order valence-electron chi connectivity index (χ1n) is 6.90. The summed E-state index contributed by atoms with van der Waals surface area (Å²) >= 11 is 0. The third-order valence-electron chi connectivity index (χ3n) is 4.60. The van der Waals surface area contributed by atoms with Crippen LogP contribution in [0.2, 0.25) is 0 Å². The van der Waals surface area contributed by atoms with Gasteiger partial charge in [-0.15, -0.1) is 0 Å². The highest BCUT2D eigenvalue weighted by molar-refractivity contribution is 4.82. The van der Waals surface area contributed by atoms with Gasteiger partial charge in [0.15, 0.2) is 0 Å². The second kappa shape index (κ2) is 5.19. The van der Waals surface area contributed by atoms with Gasteiger partial charge in [0.1, 0.15) is 0 Å². The molecule has 2 unspecified atom stereocenters. The zero-order chi connectivity index (χ0) is 9.80. The van der Waals surface area contributed by atoms with Crippen LogP contribution < -0.4 is 0 Å². The summed E-state index contributed by atoms with van der Waals surface area (Å²) in [6.45, 7) is 2.34. The highest BCUT2D eigenvalue weighted by Gasteiger charge is 2.30. The second-order valence-corrected chi connectivity index (χ2v) is 5.63. The number of rotatable bonds is 3. The van der Waals surface area contributed by atoms with Gasteiger partial charge < -0.3 is 0 Å². The molecule has 14 heavy (non-hydrogen) atoms. The molecule has 2 aliphatic rings. The minimum absolute atomic E-state index is 1.10. The van der Waals surface area contributed by atoms with Crippen LogP contribution in [0, 0.1) is 17.8 Å². The van der Waals surface area contributed by atoms with Gasteiger partial charge >= 0.3 is 0 Å². The minimum atomic E-state index is 1.10. The minimum Gasteiger partial charge on any atom is -0.0654 e. The van der Waals surface area contributed by atoms with Crippen LogP contribution in [-0.4, -0.2) is 0 Å². The van der Waals surface area contributed by atoms with Gasteiger partial charge in [0.05, 0.1) is 0 Å². The quantitative estimate of drug-likeness (QED) is 0.606. The zero-order valence-electron chi connectivity index (χ0n) is 9.80. The van der Waals surface area contributed by atoms with Gasteiger partial charge in [0, 0.05) is 0 Å². The van der Waals surface area contributed by atoms with E-state index in [1.54, 1.807) is 32.1 Å². The average molecular weight is 194 g/mol. The van der Waals surface area contributed by atoms with Crippen LogP contribution in [0.25, 0.3) is 0 Å². The van der Waals surface area contributed by atoms with Crippen molar-refractivity contribution in [3.05, 3.63) is 0 Å². The predicted octanol–water partition coefficient (Wildman–Crippen LogP) is 4.78. The summed E-state index contributed by atoms with van der Waals surface area (Å²) in [7, 11) is 0. The Morgan fingerprint density at radius 3 is 2.36 bits per heavy atom. The van der Waals surface area contributed by atoms with E-state index < -0.39 is 0 Å².